The van der Waals surface area contributed by atoms with E-state index in [9.17, 15) is 12.9 Å². The molecule has 106 valence electrons. The predicted octanol–water partition coefficient (Wildman–Crippen LogP) is -1.55. The van der Waals surface area contributed by atoms with Crippen molar-refractivity contribution in [2.45, 2.75) is 6.10 Å². The molecule has 2 rings (SSSR count). The third-order valence-corrected chi connectivity index (χ3v) is 3.04. The minimum Gasteiger partial charge on any atom is -0.491 e. The van der Waals surface area contributed by atoms with Crippen LogP contribution in [0.25, 0.3) is 0 Å². The molecule has 1 unspecified atom stereocenters. The first-order valence-electron chi connectivity index (χ1n) is 6.18. The molecule has 1 aromatic carbocycles. The van der Waals surface area contributed by atoms with Crippen molar-refractivity contribution >= 4 is 12.4 Å². The molecule has 1 heterocycles. The second-order valence-corrected chi connectivity index (χ2v) is 4.71. The van der Waals surface area contributed by atoms with Crippen molar-refractivity contribution in [3.63, 3.8) is 0 Å². The van der Waals surface area contributed by atoms with E-state index in [0.717, 1.165) is 25.2 Å². The van der Waals surface area contributed by atoms with E-state index in [1.807, 2.05) is 7.05 Å². The molecule has 3 nitrogen and oxygen atoms in total. The fourth-order valence-electron chi connectivity index (χ4n) is 1.94. The van der Waals surface area contributed by atoms with Crippen LogP contribution in [-0.4, -0.2) is 51.3 Å². The van der Waals surface area contributed by atoms with E-state index < -0.39 is 12.4 Å². The molecule has 8 heteroatoms. The summed E-state index contributed by atoms with van der Waals surface area (Å²) in [5, 5.41) is 0. The van der Waals surface area contributed by atoms with Gasteiger partial charge in [-0.1, -0.05) is 12.1 Å². The Kier molecular flexibility index (Phi) is 7.55. The average molecular weight is 313 g/mol. The van der Waals surface area contributed by atoms with Gasteiger partial charge in [0.25, 0.3) is 0 Å². The number of rotatable bonds is 4. The third kappa shape index (κ3) is 5.67. The number of morpholine rings is 1. The Balaban J connectivity index is 0.00000200. The van der Waals surface area contributed by atoms with Gasteiger partial charge in [0.2, 0.25) is 0 Å². The number of likely N-dealkylation sites (N-methyl/N-ethyl adjacent to an activating group) is 1. The molecule has 1 saturated heterocycles. The Hall–Kier alpha value is 0.431. The molecule has 1 aliphatic heterocycles. The van der Waals surface area contributed by atoms with Crippen LogP contribution in [0.15, 0.2) is 24.3 Å². The smallest absolute Gasteiger partial charge is 0.491 e. The molecule has 0 aliphatic carbocycles. The summed E-state index contributed by atoms with van der Waals surface area (Å²) in [7, 11) is 2.00. The summed E-state index contributed by atoms with van der Waals surface area (Å²) in [5.74, 6) is 0.431. The van der Waals surface area contributed by atoms with Crippen molar-refractivity contribution in [2.75, 3.05) is 33.4 Å². The molecular weight excluding hydrogens is 297 g/mol. The summed E-state index contributed by atoms with van der Waals surface area (Å²) in [5.41, 5.74) is -0.610. The van der Waals surface area contributed by atoms with Crippen molar-refractivity contribution in [3.8, 4) is 5.75 Å². The summed E-state index contributed by atoms with van der Waals surface area (Å²) < 4.78 is 48.3. The summed E-state index contributed by atoms with van der Waals surface area (Å²) in [6.07, 6.45) is -0.0368. The van der Waals surface area contributed by atoms with Gasteiger partial charge in [0.1, 0.15) is 18.5 Å². The number of hydrogen-bond donors (Lipinski definition) is 0. The Labute approximate surface area is 159 Å². The van der Waals surface area contributed by atoms with Crippen LogP contribution in [0.1, 0.15) is 0 Å². The quantitative estimate of drug-likeness (QED) is 0.629. The van der Waals surface area contributed by atoms with Crippen LogP contribution in [0.5, 0.6) is 5.75 Å². The molecule has 1 atom stereocenters. The van der Waals surface area contributed by atoms with Crippen molar-refractivity contribution in [1.82, 2.24) is 4.90 Å². The Bertz CT molecular complexity index is 416. The van der Waals surface area contributed by atoms with Crippen LogP contribution in [0.3, 0.4) is 0 Å². The molecule has 0 bridgehead atoms. The number of hydrogen-bond acceptors (Lipinski definition) is 3. The Morgan fingerprint density at radius 1 is 1.30 bits per heavy atom. The molecular formula is C12H16BF3KNO2. The van der Waals surface area contributed by atoms with E-state index in [-0.39, 0.29) is 57.5 Å². The van der Waals surface area contributed by atoms with Gasteiger partial charge in [-0.2, -0.15) is 0 Å². The first-order chi connectivity index (χ1) is 8.95. The SMILES string of the molecule is CN1CCOC(COc2ccc([B-](F)(F)F)cc2)C1.[K+]. The van der Waals surface area contributed by atoms with Crippen molar-refractivity contribution in [3.05, 3.63) is 24.3 Å². The second-order valence-electron chi connectivity index (χ2n) is 4.71. The standard InChI is InChI=1S/C12H16BF3NO2.K/c1-17-6-7-18-12(8-17)9-19-11-4-2-10(3-5-11)13(14,15)16;/h2-5,12H,6-9H2,1H3;/q-1;+1. The van der Waals surface area contributed by atoms with E-state index >= 15 is 0 Å². The predicted molar refractivity (Wildman–Crippen MR) is 67.9 cm³/mol. The van der Waals surface area contributed by atoms with Crippen LogP contribution in [0, 0.1) is 0 Å². The van der Waals surface area contributed by atoms with Crippen LogP contribution < -0.4 is 61.6 Å². The molecule has 0 N–H and O–H groups in total. The molecule has 1 aliphatic rings. The normalized spacial score (nSPS) is 20.3. The van der Waals surface area contributed by atoms with Crippen molar-refractivity contribution < 1.29 is 73.8 Å². The van der Waals surface area contributed by atoms with E-state index in [1.165, 1.54) is 12.1 Å². The molecule has 1 aromatic rings. The van der Waals surface area contributed by atoms with Crippen LogP contribution in [0.2, 0.25) is 0 Å². The van der Waals surface area contributed by atoms with Gasteiger partial charge < -0.3 is 27.3 Å². The maximum Gasteiger partial charge on any atom is 1.00 e. The van der Waals surface area contributed by atoms with Gasteiger partial charge in [-0.05, 0) is 19.2 Å². The summed E-state index contributed by atoms with van der Waals surface area (Å²) in [6.45, 7) is -2.28. The van der Waals surface area contributed by atoms with E-state index in [1.54, 1.807) is 0 Å². The van der Waals surface area contributed by atoms with Gasteiger partial charge in [0.05, 0.1) is 6.61 Å². The zero-order valence-corrected chi connectivity index (χ0v) is 14.8. The van der Waals surface area contributed by atoms with Crippen LogP contribution in [0.4, 0.5) is 12.9 Å². The Morgan fingerprint density at radius 3 is 2.50 bits per heavy atom. The van der Waals surface area contributed by atoms with Gasteiger partial charge in [-0.3, -0.25) is 0 Å². The van der Waals surface area contributed by atoms with Gasteiger partial charge >= 0.3 is 58.4 Å². The fraction of sp³-hybridized carbons (Fsp3) is 0.500. The third-order valence-electron chi connectivity index (χ3n) is 3.04. The number of nitrogens with zero attached hydrogens (tertiary/aromatic N) is 1. The molecule has 0 radical (unpaired) electrons. The molecule has 0 amide bonds. The molecule has 0 spiro atoms. The van der Waals surface area contributed by atoms with Crippen LogP contribution >= 0.6 is 0 Å². The molecule has 20 heavy (non-hydrogen) atoms. The van der Waals surface area contributed by atoms with Gasteiger partial charge in [-0.25, -0.2) is 0 Å². The number of benzene rings is 1. The summed E-state index contributed by atoms with van der Waals surface area (Å²) in [6, 6.07) is 4.78. The van der Waals surface area contributed by atoms with E-state index in [4.69, 9.17) is 9.47 Å². The minimum atomic E-state index is -4.94. The molecule has 1 fully saturated rings. The van der Waals surface area contributed by atoms with Gasteiger partial charge in [0.15, 0.2) is 0 Å². The number of halogens is 3. The topological polar surface area (TPSA) is 21.7 Å². The van der Waals surface area contributed by atoms with Gasteiger partial charge in [0, 0.05) is 13.1 Å². The maximum atomic E-state index is 12.4. The Morgan fingerprint density at radius 2 is 1.95 bits per heavy atom. The zero-order chi connectivity index (χ0) is 13.9. The first-order valence-corrected chi connectivity index (χ1v) is 6.18. The molecule has 0 saturated carbocycles. The monoisotopic (exact) mass is 313 g/mol. The average Bonchev–Trinajstić information content (AvgIpc) is 2.36. The van der Waals surface area contributed by atoms with E-state index in [2.05, 4.69) is 4.90 Å². The number of ether oxygens (including phenoxy) is 2. The second kappa shape index (κ2) is 8.17. The summed E-state index contributed by atoms with van der Waals surface area (Å²) in [4.78, 5) is 2.13. The fourth-order valence-corrected chi connectivity index (χ4v) is 1.94. The zero-order valence-electron chi connectivity index (χ0n) is 11.7. The van der Waals surface area contributed by atoms with Crippen LogP contribution in [-0.2, 0) is 4.74 Å². The largest absolute Gasteiger partial charge is 1.00 e. The molecule has 0 aromatic heterocycles. The summed E-state index contributed by atoms with van der Waals surface area (Å²) >= 11 is 0. The minimum absolute atomic E-state index is 0. The van der Waals surface area contributed by atoms with Gasteiger partial charge in [-0.15, -0.1) is 5.46 Å². The van der Waals surface area contributed by atoms with Crippen molar-refractivity contribution in [2.24, 2.45) is 0 Å². The van der Waals surface area contributed by atoms with Crippen molar-refractivity contribution in [1.29, 1.82) is 0 Å². The maximum absolute atomic E-state index is 12.4. The first kappa shape index (κ1) is 18.5. The van der Waals surface area contributed by atoms with E-state index in [0.29, 0.717) is 19.0 Å².